The molecule has 0 bridgehead atoms. The van der Waals surface area contributed by atoms with Crippen molar-refractivity contribution in [2.45, 2.75) is 38.0 Å². The van der Waals surface area contributed by atoms with Gasteiger partial charge in [-0.05, 0) is 53.9 Å². The molecule has 0 atom stereocenters. The first-order valence-corrected chi connectivity index (χ1v) is 13.2. The van der Waals surface area contributed by atoms with Gasteiger partial charge in [0.2, 0.25) is 5.91 Å². The minimum absolute atomic E-state index is 0.0785. The number of carbonyl (C=O) groups excluding carboxylic acids is 1. The highest BCUT2D eigenvalue weighted by atomic mass is 32.1. The second-order valence-corrected chi connectivity index (χ2v) is 10.7. The van der Waals surface area contributed by atoms with Crippen LogP contribution in [0.15, 0.2) is 54.7 Å². The number of nitrogens with zero attached hydrogens (tertiary/aromatic N) is 3. The van der Waals surface area contributed by atoms with Crippen molar-refractivity contribution in [3.05, 3.63) is 66.0 Å². The van der Waals surface area contributed by atoms with Gasteiger partial charge in [0, 0.05) is 30.2 Å². The summed E-state index contributed by atoms with van der Waals surface area (Å²) in [6.07, 6.45) is -1.87. The zero-order chi connectivity index (χ0) is 27.2. The standard InChI is InChI=1S/C28H23F3N4O3S/c1-16-2-3-18(25-34-35-26(39-25)19-6-9-32-23(14-19)28(29,30)31)12-20(16)17-4-5-21-22(13-17)38-27(15-24(36)33-21)7-10-37-11-8-27/h2-6,9,12-14H,7-8,10-11,15H2,1H3,(H,33,36). The molecule has 6 rings (SSSR count). The quantitative estimate of drug-likeness (QED) is 0.311. The number of carbonyl (C=O) groups is 1. The van der Waals surface area contributed by atoms with Crippen LogP contribution in [0.2, 0.25) is 0 Å². The SMILES string of the molecule is Cc1ccc(-c2nnc(-c3ccnc(C(F)(F)F)c3)s2)cc1-c1ccc2c(c1)OC1(CCOCC1)CC(=O)N2. The zero-order valence-electron chi connectivity index (χ0n) is 20.8. The van der Waals surface area contributed by atoms with Crippen LogP contribution in [0.25, 0.3) is 32.3 Å². The summed E-state index contributed by atoms with van der Waals surface area (Å²) >= 11 is 1.21. The first-order chi connectivity index (χ1) is 18.7. The largest absolute Gasteiger partial charge is 0.484 e. The Balaban J connectivity index is 1.33. The molecule has 2 aromatic carbocycles. The summed E-state index contributed by atoms with van der Waals surface area (Å²) in [7, 11) is 0. The van der Waals surface area contributed by atoms with Gasteiger partial charge >= 0.3 is 6.18 Å². The van der Waals surface area contributed by atoms with Crippen LogP contribution in [0.1, 0.15) is 30.5 Å². The van der Waals surface area contributed by atoms with Gasteiger partial charge in [-0.15, -0.1) is 10.2 Å². The van der Waals surface area contributed by atoms with Gasteiger partial charge in [-0.2, -0.15) is 13.2 Å². The second-order valence-electron chi connectivity index (χ2n) is 9.70. The lowest BCUT2D eigenvalue weighted by Gasteiger charge is -2.35. The molecular weight excluding hydrogens is 529 g/mol. The minimum Gasteiger partial charge on any atom is -0.484 e. The Morgan fingerprint density at radius 3 is 2.41 bits per heavy atom. The van der Waals surface area contributed by atoms with Gasteiger partial charge in [-0.1, -0.05) is 29.5 Å². The van der Waals surface area contributed by atoms with Crippen LogP contribution >= 0.6 is 11.3 Å². The van der Waals surface area contributed by atoms with Crippen molar-refractivity contribution < 1.29 is 27.4 Å². The third-order valence-corrected chi connectivity index (χ3v) is 8.01. The number of hydrogen-bond acceptors (Lipinski definition) is 7. The first kappa shape index (κ1) is 25.4. The second kappa shape index (κ2) is 9.73. The van der Waals surface area contributed by atoms with E-state index in [-0.39, 0.29) is 12.3 Å². The predicted octanol–water partition coefficient (Wildman–Crippen LogP) is 6.53. The van der Waals surface area contributed by atoms with Crippen molar-refractivity contribution in [2.24, 2.45) is 0 Å². The Hall–Kier alpha value is -3.83. The number of halogens is 3. The van der Waals surface area contributed by atoms with E-state index in [4.69, 9.17) is 9.47 Å². The smallest absolute Gasteiger partial charge is 0.433 e. The van der Waals surface area contributed by atoms with Crippen LogP contribution in [0.3, 0.4) is 0 Å². The summed E-state index contributed by atoms with van der Waals surface area (Å²) in [6, 6.07) is 14.0. The summed E-state index contributed by atoms with van der Waals surface area (Å²) < 4.78 is 51.3. The van der Waals surface area contributed by atoms with Crippen molar-refractivity contribution in [1.82, 2.24) is 15.2 Å². The molecule has 39 heavy (non-hydrogen) atoms. The van der Waals surface area contributed by atoms with Crippen LogP contribution in [0, 0.1) is 6.92 Å². The lowest BCUT2D eigenvalue weighted by Crippen LogP contribution is -2.43. The van der Waals surface area contributed by atoms with Gasteiger partial charge in [-0.3, -0.25) is 9.78 Å². The summed E-state index contributed by atoms with van der Waals surface area (Å²) in [5, 5.41) is 12.3. The Morgan fingerprint density at radius 1 is 0.949 bits per heavy atom. The first-order valence-electron chi connectivity index (χ1n) is 12.4. The van der Waals surface area contributed by atoms with Crippen molar-refractivity contribution in [2.75, 3.05) is 18.5 Å². The fourth-order valence-electron chi connectivity index (χ4n) is 4.90. The molecule has 2 aliphatic heterocycles. The molecule has 0 radical (unpaired) electrons. The highest BCUT2D eigenvalue weighted by molar-refractivity contribution is 7.17. The van der Waals surface area contributed by atoms with Gasteiger partial charge in [0.1, 0.15) is 27.1 Å². The van der Waals surface area contributed by atoms with Gasteiger partial charge in [0.05, 0.1) is 25.3 Å². The maximum atomic E-state index is 13.1. The number of pyridine rings is 1. The number of fused-ring (bicyclic) bond motifs is 1. The van der Waals surface area contributed by atoms with E-state index in [9.17, 15) is 18.0 Å². The fourth-order valence-corrected chi connectivity index (χ4v) is 5.73. The van der Waals surface area contributed by atoms with Gasteiger partial charge in [-0.25, -0.2) is 0 Å². The summed E-state index contributed by atoms with van der Waals surface area (Å²) in [6.45, 7) is 3.09. The Bertz CT molecular complexity index is 1560. The highest BCUT2D eigenvalue weighted by Gasteiger charge is 2.40. The topological polar surface area (TPSA) is 86.2 Å². The molecule has 1 N–H and O–H groups in total. The molecule has 1 spiro atoms. The predicted molar refractivity (Wildman–Crippen MR) is 140 cm³/mol. The van der Waals surface area contributed by atoms with E-state index >= 15 is 0 Å². The van der Waals surface area contributed by atoms with Crippen molar-refractivity contribution in [3.8, 4) is 38.0 Å². The number of nitrogens with one attached hydrogen (secondary N) is 1. The number of amides is 1. The van der Waals surface area contributed by atoms with Crippen molar-refractivity contribution >= 4 is 22.9 Å². The number of anilines is 1. The average Bonchev–Trinajstić information content (AvgIpc) is 3.36. The van der Waals surface area contributed by atoms with Crippen LogP contribution in [-0.4, -0.2) is 39.9 Å². The van der Waals surface area contributed by atoms with Gasteiger partial charge in [0.15, 0.2) is 0 Å². The Labute approximate surface area is 226 Å². The number of rotatable bonds is 3. The number of aromatic nitrogens is 3. The van der Waals surface area contributed by atoms with E-state index in [0.717, 1.165) is 34.5 Å². The van der Waals surface area contributed by atoms with E-state index in [1.54, 1.807) is 0 Å². The van der Waals surface area contributed by atoms with E-state index in [2.05, 4.69) is 20.5 Å². The van der Waals surface area contributed by atoms with Gasteiger partial charge < -0.3 is 14.8 Å². The molecule has 1 saturated heterocycles. The lowest BCUT2D eigenvalue weighted by molar-refractivity contribution is -0.141. The lowest BCUT2D eigenvalue weighted by atomic mass is 9.90. The van der Waals surface area contributed by atoms with E-state index in [0.29, 0.717) is 53.1 Å². The molecule has 2 aromatic heterocycles. The normalized spacial score (nSPS) is 16.8. The maximum Gasteiger partial charge on any atom is 0.433 e. The molecule has 0 unspecified atom stereocenters. The summed E-state index contributed by atoms with van der Waals surface area (Å²) in [5.74, 6) is 0.534. The molecule has 7 nitrogen and oxygen atoms in total. The number of hydrogen-bond donors (Lipinski definition) is 1. The fraction of sp³-hybridized carbons (Fsp3) is 0.286. The van der Waals surface area contributed by atoms with E-state index in [1.165, 1.54) is 17.4 Å². The molecule has 1 fully saturated rings. The average molecular weight is 553 g/mol. The van der Waals surface area contributed by atoms with Crippen molar-refractivity contribution in [1.29, 1.82) is 0 Å². The van der Waals surface area contributed by atoms with E-state index < -0.39 is 17.5 Å². The molecule has 11 heteroatoms. The molecule has 4 heterocycles. The zero-order valence-corrected chi connectivity index (χ0v) is 21.7. The molecule has 0 aliphatic carbocycles. The van der Waals surface area contributed by atoms with Crippen LogP contribution in [-0.2, 0) is 15.7 Å². The monoisotopic (exact) mass is 552 g/mol. The third kappa shape index (κ3) is 5.11. The Kier molecular flexibility index (Phi) is 6.35. The maximum absolute atomic E-state index is 13.1. The number of alkyl halides is 3. The minimum atomic E-state index is -4.54. The Morgan fingerprint density at radius 2 is 1.67 bits per heavy atom. The molecule has 1 amide bonds. The summed E-state index contributed by atoms with van der Waals surface area (Å²) in [4.78, 5) is 16.0. The molecule has 200 valence electrons. The van der Waals surface area contributed by atoms with Crippen molar-refractivity contribution in [3.63, 3.8) is 0 Å². The number of aryl methyl sites for hydroxylation is 1. The molecule has 2 aliphatic rings. The molecule has 4 aromatic rings. The molecular formula is C28H23F3N4O3S. The van der Waals surface area contributed by atoms with E-state index in [1.807, 2.05) is 43.3 Å². The number of benzene rings is 2. The van der Waals surface area contributed by atoms with Crippen LogP contribution in [0.4, 0.5) is 18.9 Å². The van der Waals surface area contributed by atoms with Crippen LogP contribution in [0.5, 0.6) is 5.75 Å². The highest BCUT2D eigenvalue weighted by Crippen LogP contribution is 2.41. The summed E-state index contributed by atoms with van der Waals surface area (Å²) in [5.41, 5.74) is 3.02. The van der Waals surface area contributed by atoms with Gasteiger partial charge in [0.25, 0.3) is 0 Å². The molecule has 0 saturated carbocycles. The van der Waals surface area contributed by atoms with Crippen LogP contribution < -0.4 is 10.1 Å². The number of ether oxygens (including phenoxy) is 2. The third-order valence-electron chi connectivity index (χ3n) is 6.99.